The van der Waals surface area contributed by atoms with E-state index in [4.69, 9.17) is 27.6 Å². The van der Waals surface area contributed by atoms with Crippen molar-refractivity contribution in [3.8, 4) is 11.1 Å². The lowest BCUT2D eigenvalue weighted by Gasteiger charge is -2.24. The maximum absolute atomic E-state index is 13.7. The van der Waals surface area contributed by atoms with Gasteiger partial charge in [-0.05, 0) is 72.1 Å². The third kappa shape index (κ3) is 7.11. The van der Waals surface area contributed by atoms with Gasteiger partial charge in [-0.2, -0.15) is 8.42 Å². The van der Waals surface area contributed by atoms with E-state index in [1.54, 1.807) is 54.6 Å². The fourth-order valence-corrected chi connectivity index (χ4v) is 5.35. The molecule has 4 rings (SSSR count). The molecule has 8 nitrogen and oxygen atoms in total. The quantitative estimate of drug-likeness (QED) is 0.188. The van der Waals surface area contributed by atoms with Crippen LogP contribution in [0.3, 0.4) is 0 Å². The minimum Gasteiger partial charge on any atom is -0.467 e. The van der Waals surface area contributed by atoms with E-state index in [0.29, 0.717) is 34.0 Å². The number of halogens is 2. The molecule has 0 aliphatic carbocycles. The summed E-state index contributed by atoms with van der Waals surface area (Å²) in [5, 5.41) is 3.37. The Morgan fingerprint density at radius 3 is 2.40 bits per heavy atom. The zero-order chi connectivity index (χ0) is 28.9. The summed E-state index contributed by atoms with van der Waals surface area (Å²) in [5.41, 5.74) is 1.63. The molecule has 40 heavy (non-hydrogen) atoms. The highest BCUT2D eigenvalue weighted by molar-refractivity contribution is 7.86. The number of anilines is 1. The van der Waals surface area contributed by atoms with Crippen molar-refractivity contribution in [3.63, 3.8) is 0 Å². The van der Waals surface area contributed by atoms with Crippen LogP contribution < -0.4 is 5.32 Å². The fraction of sp³-hybridized carbons (Fsp3) is 0.172. The SMILES string of the molecule is CCCC(=O)Nc1ccc(S(=O)(=O)O)c(-c2ccc(Cl)cc2CN(Cc2ccco2)C(=O)c2ccccc2Cl)c1. The first-order valence-corrected chi connectivity index (χ1v) is 14.5. The van der Waals surface area contributed by atoms with Crippen LogP contribution >= 0.6 is 23.2 Å². The van der Waals surface area contributed by atoms with Crippen LogP contribution in [0.5, 0.6) is 0 Å². The third-order valence-corrected chi connectivity index (χ3v) is 7.53. The van der Waals surface area contributed by atoms with Crippen molar-refractivity contribution < 1.29 is 27.0 Å². The third-order valence-electron chi connectivity index (χ3n) is 6.06. The van der Waals surface area contributed by atoms with Crippen LogP contribution in [0.15, 0.2) is 88.4 Å². The molecule has 1 heterocycles. The summed E-state index contributed by atoms with van der Waals surface area (Å²) in [6, 6.07) is 18.9. The number of nitrogens with one attached hydrogen (secondary N) is 1. The summed E-state index contributed by atoms with van der Waals surface area (Å²) in [6.45, 7) is 1.93. The molecule has 1 aromatic heterocycles. The second-order valence-corrected chi connectivity index (χ2v) is 11.2. The van der Waals surface area contributed by atoms with E-state index in [2.05, 4.69) is 5.32 Å². The van der Waals surface area contributed by atoms with E-state index in [-0.39, 0.29) is 52.4 Å². The first kappa shape index (κ1) is 29.4. The molecule has 0 aliphatic heterocycles. The number of amides is 2. The molecule has 2 amide bonds. The van der Waals surface area contributed by atoms with Gasteiger partial charge >= 0.3 is 0 Å². The molecule has 0 aliphatic rings. The Labute approximate surface area is 242 Å². The van der Waals surface area contributed by atoms with Gasteiger partial charge in [-0.15, -0.1) is 0 Å². The van der Waals surface area contributed by atoms with Crippen LogP contribution in [-0.4, -0.2) is 29.7 Å². The Balaban J connectivity index is 1.83. The second-order valence-electron chi connectivity index (χ2n) is 9.01. The minimum absolute atomic E-state index is 0.0159. The van der Waals surface area contributed by atoms with Crippen molar-refractivity contribution >= 4 is 50.8 Å². The van der Waals surface area contributed by atoms with Crippen LogP contribution in [0.4, 0.5) is 5.69 Å². The average Bonchev–Trinajstić information content (AvgIpc) is 3.41. The number of carbonyl (C=O) groups excluding carboxylic acids is 2. The fourth-order valence-electron chi connectivity index (χ4n) is 4.25. The van der Waals surface area contributed by atoms with Gasteiger partial charge in [0.25, 0.3) is 16.0 Å². The highest BCUT2D eigenvalue weighted by Gasteiger charge is 2.24. The van der Waals surface area contributed by atoms with E-state index < -0.39 is 10.1 Å². The Morgan fingerprint density at radius 1 is 0.950 bits per heavy atom. The monoisotopic (exact) mass is 600 g/mol. The molecule has 11 heteroatoms. The van der Waals surface area contributed by atoms with Crippen molar-refractivity contribution in [2.24, 2.45) is 0 Å². The molecule has 0 saturated carbocycles. The van der Waals surface area contributed by atoms with Gasteiger partial charge in [-0.1, -0.05) is 48.3 Å². The molecule has 0 saturated heterocycles. The first-order valence-electron chi connectivity index (χ1n) is 12.3. The van der Waals surface area contributed by atoms with E-state index in [0.717, 1.165) is 0 Å². The summed E-state index contributed by atoms with van der Waals surface area (Å²) in [4.78, 5) is 27.0. The first-order chi connectivity index (χ1) is 19.1. The molecule has 0 fully saturated rings. The normalized spacial score (nSPS) is 11.3. The highest BCUT2D eigenvalue weighted by Crippen LogP contribution is 2.35. The molecule has 2 N–H and O–H groups in total. The molecular formula is C29H26Cl2N2O6S. The summed E-state index contributed by atoms with van der Waals surface area (Å²) in [7, 11) is -4.66. The van der Waals surface area contributed by atoms with Crippen molar-refractivity contribution in [3.05, 3.63) is 106 Å². The van der Waals surface area contributed by atoms with Gasteiger partial charge in [0.05, 0.1) is 23.4 Å². The van der Waals surface area contributed by atoms with Crippen LogP contribution in [0.1, 0.15) is 41.4 Å². The number of rotatable bonds is 10. The largest absolute Gasteiger partial charge is 0.467 e. The predicted molar refractivity (Wildman–Crippen MR) is 154 cm³/mol. The maximum atomic E-state index is 13.7. The standard InChI is InChI=1S/C29H26Cl2N2O6S/c1-2-6-28(34)32-21-11-13-27(40(36,37)38)25(16-21)23-12-10-20(30)15-19(23)17-33(18-22-7-5-14-39-22)29(35)24-8-3-4-9-26(24)31/h3-5,7-16H,2,6,17-18H2,1H3,(H,32,34)(H,36,37,38). The van der Waals surface area contributed by atoms with Crippen LogP contribution in [0, 0.1) is 0 Å². The van der Waals surface area contributed by atoms with Gasteiger partial charge in [-0.3, -0.25) is 14.1 Å². The zero-order valence-electron chi connectivity index (χ0n) is 21.4. The molecule has 208 valence electrons. The molecule has 0 radical (unpaired) electrons. The van der Waals surface area contributed by atoms with Gasteiger partial charge in [0, 0.05) is 29.2 Å². The van der Waals surface area contributed by atoms with Gasteiger partial charge < -0.3 is 14.6 Å². The lowest BCUT2D eigenvalue weighted by Crippen LogP contribution is -2.30. The summed E-state index contributed by atoms with van der Waals surface area (Å²) in [6.07, 6.45) is 2.41. The molecule has 0 atom stereocenters. The Hall–Kier alpha value is -3.63. The average molecular weight is 602 g/mol. The van der Waals surface area contributed by atoms with Gasteiger partial charge in [-0.25, -0.2) is 0 Å². The summed E-state index contributed by atoms with van der Waals surface area (Å²) < 4.78 is 40.2. The zero-order valence-corrected chi connectivity index (χ0v) is 23.8. The lowest BCUT2D eigenvalue weighted by molar-refractivity contribution is -0.116. The number of hydrogen-bond acceptors (Lipinski definition) is 5. The second kappa shape index (κ2) is 12.7. The van der Waals surface area contributed by atoms with E-state index in [1.807, 2.05) is 6.92 Å². The summed E-state index contributed by atoms with van der Waals surface area (Å²) >= 11 is 12.7. The van der Waals surface area contributed by atoms with Gasteiger partial charge in [0.15, 0.2) is 0 Å². The topological polar surface area (TPSA) is 117 Å². The van der Waals surface area contributed by atoms with Crippen molar-refractivity contribution in [2.75, 3.05) is 5.32 Å². The molecular weight excluding hydrogens is 575 g/mol. The van der Waals surface area contributed by atoms with Crippen molar-refractivity contribution in [2.45, 2.75) is 37.8 Å². The van der Waals surface area contributed by atoms with Crippen LogP contribution in [0.2, 0.25) is 10.0 Å². The lowest BCUT2D eigenvalue weighted by atomic mass is 9.98. The molecule has 4 aromatic rings. The minimum atomic E-state index is -4.66. The van der Waals surface area contributed by atoms with Crippen LogP contribution in [-0.2, 0) is 28.0 Å². The predicted octanol–water partition coefficient (Wildman–Crippen LogP) is 7.08. The maximum Gasteiger partial charge on any atom is 0.295 e. The molecule has 0 spiro atoms. The van der Waals surface area contributed by atoms with Gasteiger partial charge in [0.2, 0.25) is 5.91 Å². The van der Waals surface area contributed by atoms with E-state index in [1.165, 1.54) is 29.4 Å². The van der Waals surface area contributed by atoms with E-state index >= 15 is 0 Å². The van der Waals surface area contributed by atoms with Crippen molar-refractivity contribution in [1.82, 2.24) is 4.90 Å². The molecule has 0 unspecified atom stereocenters. The number of benzene rings is 3. The number of hydrogen-bond donors (Lipinski definition) is 2. The number of carbonyl (C=O) groups is 2. The smallest absolute Gasteiger partial charge is 0.295 e. The Bertz CT molecular complexity index is 1640. The van der Waals surface area contributed by atoms with Crippen LogP contribution in [0.25, 0.3) is 11.1 Å². The van der Waals surface area contributed by atoms with E-state index in [9.17, 15) is 22.6 Å². The Kier molecular flexibility index (Phi) is 9.32. The van der Waals surface area contributed by atoms with Crippen molar-refractivity contribution in [1.29, 1.82) is 0 Å². The van der Waals surface area contributed by atoms with Gasteiger partial charge in [0.1, 0.15) is 10.7 Å². The summed E-state index contributed by atoms with van der Waals surface area (Å²) in [5.74, 6) is -0.105. The highest BCUT2D eigenvalue weighted by atomic mass is 35.5. The Morgan fingerprint density at radius 2 is 1.73 bits per heavy atom. The molecule has 0 bridgehead atoms. The molecule has 3 aromatic carbocycles. The number of furan rings is 1. The number of nitrogens with zero attached hydrogens (tertiary/aromatic N) is 1.